The lowest BCUT2D eigenvalue weighted by Gasteiger charge is -2.40. The molecular weight excluding hydrogens is 352 g/mol. The molecule has 1 saturated carbocycles. The maximum atomic E-state index is 13.2. The Morgan fingerprint density at radius 1 is 1.12 bits per heavy atom. The standard InChI is InChI=1S/C19H26N4O2.ClH/c24-18(14-5-6-14)22-9-2-4-16(13-22)19(25)23-10-8-21-12-17(23)15-3-1-7-20-11-15;/h1,3,7,11,14,16-17,21H,2,4-6,8-10,12-13H2;1H. The summed E-state index contributed by atoms with van der Waals surface area (Å²) in [5.74, 6) is 0.634. The van der Waals surface area contributed by atoms with E-state index in [1.165, 1.54) is 0 Å². The Morgan fingerprint density at radius 2 is 1.96 bits per heavy atom. The fourth-order valence-electron chi connectivity index (χ4n) is 4.04. The Labute approximate surface area is 160 Å². The number of piperidine rings is 1. The molecule has 1 aromatic heterocycles. The number of nitrogens with one attached hydrogen (secondary N) is 1. The highest BCUT2D eigenvalue weighted by atomic mass is 35.5. The number of likely N-dealkylation sites (tertiary alicyclic amines) is 1. The monoisotopic (exact) mass is 378 g/mol. The summed E-state index contributed by atoms with van der Waals surface area (Å²) in [5.41, 5.74) is 1.07. The van der Waals surface area contributed by atoms with Crippen molar-refractivity contribution in [3.8, 4) is 0 Å². The van der Waals surface area contributed by atoms with Crippen molar-refractivity contribution in [1.29, 1.82) is 0 Å². The van der Waals surface area contributed by atoms with Gasteiger partial charge in [0.2, 0.25) is 11.8 Å². The number of rotatable bonds is 3. The summed E-state index contributed by atoms with van der Waals surface area (Å²) in [4.78, 5) is 33.8. The number of hydrogen-bond donors (Lipinski definition) is 1. The summed E-state index contributed by atoms with van der Waals surface area (Å²) < 4.78 is 0. The van der Waals surface area contributed by atoms with E-state index in [1.807, 2.05) is 28.1 Å². The Kier molecular flexibility index (Phi) is 6.14. The third-order valence-corrected chi connectivity index (χ3v) is 5.60. The van der Waals surface area contributed by atoms with Gasteiger partial charge >= 0.3 is 0 Å². The van der Waals surface area contributed by atoms with Crippen LogP contribution < -0.4 is 5.32 Å². The largest absolute Gasteiger partial charge is 0.342 e. The Hall–Kier alpha value is -1.66. The Bertz CT molecular complexity index is 638. The highest BCUT2D eigenvalue weighted by Crippen LogP contribution is 2.33. The predicted molar refractivity (Wildman–Crippen MR) is 101 cm³/mol. The van der Waals surface area contributed by atoms with Gasteiger partial charge in [0, 0.05) is 51.0 Å². The lowest BCUT2D eigenvalue weighted by molar-refractivity contribution is -0.143. The predicted octanol–water partition coefficient (Wildman–Crippen LogP) is 1.62. The van der Waals surface area contributed by atoms with Crippen LogP contribution in [0.1, 0.15) is 37.3 Å². The van der Waals surface area contributed by atoms with E-state index in [0.29, 0.717) is 13.1 Å². The molecule has 7 heteroatoms. The first-order chi connectivity index (χ1) is 12.2. The molecule has 3 heterocycles. The molecule has 2 atom stereocenters. The summed E-state index contributed by atoms with van der Waals surface area (Å²) >= 11 is 0. The van der Waals surface area contributed by atoms with Crippen molar-refractivity contribution < 1.29 is 9.59 Å². The number of piperazine rings is 1. The summed E-state index contributed by atoms with van der Waals surface area (Å²) in [6.07, 6.45) is 7.47. The zero-order valence-electron chi connectivity index (χ0n) is 15.0. The molecule has 26 heavy (non-hydrogen) atoms. The van der Waals surface area contributed by atoms with Crippen LogP contribution in [0, 0.1) is 11.8 Å². The SMILES string of the molecule is Cl.O=C(C1CC1)N1CCCC(C(=O)N2CCNCC2c2cccnc2)C1. The van der Waals surface area contributed by atoms with Crippen molar-refractivity contribution >= 4 is 24.2 Å². The minimum atomic E-state index is -0.0614. The molecule has 2 amide bonds. The van der Waals surface area contributed by atoms with Crippen LogP contribution in [-0.4, -0.2) is 59.3 Å². The molecule has 0 spiro atoms. The van der Waals surface area contributed by atoms with Crippen LogP contribution in [-0.2, 0) is 9.59 Å². The number of carbonyl (C=O) groups excluding carboxylic acids is 2. The summed E-state index contributed by atoms with van der Waals surface area (Å²) in [6, 6.07) is 3.99. The first-order valence-corrected chi connectivity index (χ1v) is 9.44. The van der Waals surface area contributed by atoms with Gasteiger partial charge in [-0.25, -0.2) is 0 Å². The fraction of sp³-hybridized carbons (Fsp3) is 0.632. The molecule has 6 nitrogen and oxygen atoms in total. The molecule has 1 N–H and O–H groups in total. The molecule has 2 aliphatic heterocycles. The minimum absolute atomic E-state index is 0. The highest BCUT2D eigenvalue weighted by molar-refractivity contribution is 5.85. The lowest BCUT2D eigenvalue weighted by Crippen LogP contribution is -2.53. The topological polar surface area (TPSA) is 65.5 Å². The van der Waals surface area contributed by atoms with Crippen LogP contribution in [0.4, 0.5) is 0 Å². The zero-order chi connectivity index (χ0) is 17.2. The number of halogens is 1. The van der Waals surface area contributed by atoms with Crippen LogP contribution in [0.5, 0.6) is 0 Å². The molecule has 1 aromatic rings. The van der Waals surface area contributed by atoms with E-state index >= 15 is 0 Å². The molecule has 142 valence electrons. The molecule has 2 unspecified atom stereocenters. The molecule has 2 saturated heterocycles. The maximum Gasteiger partial charge on any atom is 0.228 e. The molecule has 3 aliphatic rings. The van der Waals surface area contributed by atoms with Crippen molar-refractivity contribution in [2.24, 2.45) is 11.8 Å². The Morgan fingerprint density at radius 3 is 2.69 bits per heavy atom. The van der Waals surface area contributed by atoms with E-state index in [9.17, 15) is 9.59 Å². The van der Waals surface area contributed by atoms with Crippen molar-refractivity contribution in [1.82, 2.24) is 20.1 Å². The van der Waals surface area contributed by atoms with Crippen molar-refractivity contribution in [3.63, 3.8) is 0 Å². The van der Waals surface area contributed by atoms with Gasteiger partial charge in [0.25, 0.3) is 0 Å². The second-order valence-corrected chi connectivity index (χ2v) is 7.44. The van der Waals surface area contributed by atoms with Crippen LogP contribution in [0.2, 0.25) is 0 Å². The molecule has 1 aliphatic carbocycles. The Balaban J connectivity index is 0.00000196. The maximum absolute atomic E-state index is 13.2. The zero-order valence-corrected chi connectivity index (χ0v) is 15.8. The molecular formula is C19H27ClN4O2. The third kappa shape index (κ3) is 4.01. The third-order valence-electron chi connectivity index (χ3n) is 5.60. The summed E-state index contributed by atoms with van der Waals surface area (Å²) in [7, 11) is 0. The van der Waals surface area contributed by atoms with E-state index in [-0.39, 0.29) is 42.1 Å². The normalized spacial score (nSPS) is 26.2. The molecule has 4 rings (SSSR count). The smallest absolute Gasteiger partial charge is 0.228 e. The van der Waals surface area contributed by atoms with E-state index in [0.717, 1.165) is 50.9 Å². The molecule has 0 radical (unpaired) electrons. The molecule has 0 bridgehead atoms. The second-order valence-electron chi connectivity index (χ2n) is 7.44. The average Bonchev–Trinajstić information content (AvgIpc) is 3.53. The minimum Gasteiger partial charge on any atom is -0.342 e. The number of amides is 2. The van der Waals surface area contributed by atoms with Crippen molar-refractivity contribution in [3.05, 3.63) is 30.1 Å². The molecule has 3 fully saturated rings. The van der Waals surface area contributed by atoms with Gasteiger partial charge in [-0.05, 0) is 37.3 Å². The average molecular weight is 379 g/mol. The number of pyridine rings is 1. The van der Waals surface area contributed by atoms with E-state index in [2.05, 4.69) is 10.3 Å². The van der Waals surface area contributed by atoms with E-state index in [4.69, 9.17) is 0 Å². The quantitative estimate of drug-likeness (QED) is 0.868. The number of nitrogens with zero attached hydrogens (tertiary/aromatic N) is 3. The van der Waals surface area contributed by atoms with Crippen LogP contribution in [0.15, 0.2) is 24.5 Å². The highest BCUT2D eigenvalue weighted by Gasteiger charge is 2.39. The fourth-order valence-corrected chi connectivity index (χ4v) is 4.04. The number of aromatic nitrogens is 1. The van der Waals surface area contributed by atoms with Gasteiger partial charge in [-0.1, -0.05) is 6.07 Å². The molecule has 0 aromatic carbocycles. The van der Waals surface area contributed by atoms with Gasteiger partial charge in [0.15, 0.2) is 0 Å². The number of carbonyl (C=O) groups is 2. The van der Waals surface area contributed by atoms with E-state index < -0.39 is 0 Å². The lowest BCUT2D eigenvalue weighted by atomic mass is 9.94. The van der Waals surface area contributed by atoms with Crippen LogP contribution >= 0.6 is 12.4 Å². The van der Waals surface area contributed by atoms with Crippen LogP contribution in [0.3, 0.4) is 0 Å². The van der Waals surface area contributed by atoms with Gasteiger partial charge in [0.1, 0.15) is 0 Å². The summed E-state index contributed by atoms with van der Waals surface area (Å²) in [6.45, 7) is 3.70. The van der Waals surface area contributed by atoms with Crippen LogP contribution in [0.25, 0.3) is 0 Å². The van der Waals surface area contributed by atoms with Gasteiger partial charge < -0.3 is 15.1 Å². The van der Waals surface area contributed by atoms with Crippen molar-refractivity contribution in [2.75, 3.05) is 32.7 Å². The second kappa shape index (κ2) is 8.35. The number of hydrogen-bond acceptors (Lipinski definition) is 4. The van der Waals surface area contributed by atoms with Crippen molar-refractivity contribution in [2.45, 2.75) is 31.7 Å². The summed E-state index contributed by atoms with van der Waals surface area (Å²) in [5, 5.41) is 3.39. The van der Waals surface area contributed by atoms with Gasteiger partial charge in [-0.2, -0.15) is 0 Å². The first kappa shape index (κ1) is 19.1. The van der Waals surface area contributed by atoms with E-state index in [1.54, 1.807) is 6.20 Å². The van der Waals surface area contributed by atoms with Gasteiger partial charge in [-0.15, -0.1) is 12.4 Å². The van der Waals surface area contributed by atoms with Gasteiger partial charge in [-0.3, -0.25) is 14.6 Å². The van der Waals surface area contributed by atoms with Gasteiger partial charge in [0.05, 0.1) is 12.0 Å². The first-order valence-electron chi connectivity index (χ1n) is 9.44.